The molecule has 3 nitrogen and oxygen atoms in total. The molecule has 1 N–H and O–H groups in total. The van der Waals surface area contributed by atoms with Gasteiger partial charge in [-0.05, 0) is 44.2 Å². The third-order valence-corrected chi connectivity index (χ3v) is 4.02. The molecule has 0 amide bonds. The summed E-state index contributed by atoms with van der Waals surface area (Å²) in [7, 11) is 1.94. The summed E-state index contributed by atoms with van der Waals surface area (Å²) >= 11 is 0. The molecule has 98 valence electrons. The fraction of sp³-hybridized carbons (Fsp3) is 0.375. The van der Waals surface area contributed by atoms with E-state index in [-0.39, 0.29) is 0 Å². The predicted molar refractivity (Wildman–Crippen MR) is 78.5 cm³/mol. The van der Waals surface area contributed by atoms with Gasteiger partial charge in [0.15, 0.2) is 5.82 Å². The van der Waals surface area contributed by atoms with Gasteiger partial charge in [-0.25, -0.2) is 9.97 Å². The van der Waals surface area contributed by atoms with E-state index in [9.17, 15) is 0 Å². The summed E-state index contributed by atoms with van der Waals surface area (Å²) in [5.74, 6) is 1.85. The molecule has 0 atom stereocenters. The number of nitrogens with zero attached hydrogens (tertiary/aromatic N) is 2. The van der Waals surface area contributed by atoms with Gasteiger partial charge in [0.2, 0.25) is 0 Å². The van der Waals surface area contributed by atoms with Gasteiger partial charge >= 0.3 is 0 Å². The molecule has 0 unspecified atom stereocenters. The lowest BCUT2D eigenvalue weighted by Crippen LogP contribution is -2.04. The standard InChI is InChI=1S/C16H19N3/c1-10-6-4-7-12(11(10)2)16-18-14-9-5-8-13(14)15(17-3)19-16/h4,6-7H,5,8-9H2,1-3H3,(H,17,18,19). The Morgan fingerprint density at radius 1 is 1.11 bits per heavy atom. The second-order valence-corrected chi connectivity index (χ2v) is 5.17. The highest BCUT2D eigenvalue weighted by Gasteiger charge is 2.19. The number of fused-ring (bicyclic) bond motifs is 1. The van der Waals surface area contributed by atoms with Gasteiger partial charge in [-0.1, -0.05) is 18.2 Å². The van der Waals surface area contributed by atoms with Crippen LogP contribution in [-0.2, 0) is 12.8 Å². The lowest BCUT2D eigenvalue weighted by molar-refractivity contribution is 0.900. The topological polar surface area (TPSA) is 37.8 Å². The van der Waals surface area contributed by atoms with Crippen molar-refractivity contribution in [1.29, 1.82) is 0 Å². The van der Waals surface area contributed by atoms with Gasteiger partial charge in [0, 0.05) is 23.9 Å². The van der Waals surface area contributed by atoms with Crippen LogP contribution in [0.15, 0.2) is 18.2 Å². The van der Waals surface area contributed by atoms with Crippen LogP contribution in [0.25, 0.3) is 11.4 Å². The van der Waals surface area contributed by atoms with Gasteiger partial charge in [0.25, 0.3) is 0 Å². The maximum absolute atomic E-state index is 4.78. The molecule has 0 saturated heterocycles. The van der Waals surface area contributed by atoms with E-state index in [1.165, 1.54) is 28.8 Å². The van der Waals surface area contributed by atoms with Crippen LogP contribution in [0.1, 0.15) is 28.8 Å². The molecular weight excluding hydrogens is 234 g/mol. The molecule has 2 aromatic rings. The molecule has 1 aliphatic carbocycles. The lowest BCUT2D eigenvalue weighted by atomic mass is 10.0. The molecule has 0 aliphatic heterocycles. The van der Waals surface area contributed by atoms with Gasteiger partial charge in [-0.15, -0.1) is 0 Å². The molecule has 1 heterocycles. The monoisotopic (exact) mass is 253 g/mol. The minimum Gasteiger partial charge on any atom is -0.373 e. The molecule has 19 heavy (non-hydrogen) atoms. The largest absolute Gasteiger partial charge is 0.373 e. The Hall–Kier alpha value is -1.90. The molecule has 0 bridgehead atoms. The van der Waals surface area contributed by atoms with Crippen LogP contribution < -0.4 is 5.32 Å². The highest BCUT2D eigenvalue weighted by Crippen LogP contribution is 2.30. The molecule has 0 saturated carbocycles. The van der Waals surface area contributed by atoms with Crippen LogP contribution >= 0.6 is 0 Å². The molecule has 3 rings (SSSR count). The van der Waals surface area contributed by atoms with E-state index in [1.807, 2.05) is 7.05 Å². The van der Waals surface area contributed by atoms with Gasteiger partial charge < -0.3 is 5.32 Å². The lowest BCUT2D eigenvalue weighted by Gasteiger charge is -2.12. The zero-order chi connectivity index (χ0) is 13.4. The number of aryl methyl sites for hydroxylation is 2. The van der Waals surface area contributed by atoms with Crippen LogP contribution in [0, 0.1) is 13.8 Å². The van der Waals surface area contributed by atoms with E-state index in [0.29, 0.717) is 0 Å². The van der Waals surface area contributed by atoms with Crippen LogP contribution in [0.4, 0.5) is 5.82 Å². The van der Waals surface area contributed by atoms with E-state index in [2.05, 4.69) is 37.4 Å². The third kappa shape index (κ3) is 1.99. The van der Waals surface area contributed by atoms with Crippen molar-refractivity contribution in [1.82, 2.24) is 9.97 Å². The van der Waals surface area contributed by atoms with Gasteiger partial charge in [-0.3, -0.25) is 0 Å². The van der Waals surface area contributed by atoms with Crippen LogP contribution in [0.2, 0.25) is 0 Å². The smallest absolute Gasteiger partial charge is 0.162 e. The van der Waals surface area contributed by atoms with Crippen molar-refractivity contribution in [3.8, 4) is 11.4 Å². The zero-order valence-electron chi connectivity index (χ0n) is 11.7. The molecule has 1 aromatic carbocycles. The first-order valence-electron chi connectivity index (χ1n) is 6.85. The Balaban J connectivity index is 2.18. The molecule has 3 heteroatoms. The average molecular weight is 253 g/mol. The summed E-state index contributed by atoms with van der Waals surface area (Å²) in [6, 6.07) is 6.32. The van der Waals surface area contributed by atoms with E-state index >= 15 is 0 Å². The summed E-state index contributed by atoms with van der Waals surface area (Å²) in [6.07, 6.45) is 3.36. The zero-order valence-corrected chi connectivity index (χ0v) is 11.7. The van der Waals surface area contributed by atoms with Crippen molar-refractivity contribution >= 4 is 5.82 Å². The normalized spacial score (nSPS) is 13.4. The first-order valence-corrected chi connectivity index (χ1v) is 6.85. The minimum atomic E-state index is 0.853. The van der Waals surface area contributed by atoms with E-state index in [1.54, 1.807) is 0 Å². The first kappa shape index (κ1) is 12.2. The summed E-state index contributed by atoms with van der Waals surface area (Å²) in [5.41, 5.74) is 6.22. The number of aromatic nitrogens is 2. The average Bonchev–Trinajstić information content (AvgIpc) is 2.89. The third-order valence-electron chi connectivity index (χ3n) is 4.02. The Labute approximate surface area is 114 Å². The van der Waals surface area contributed by atoms with E-state index in [0.717, 1.165) is 30.0 Å². The predicted octanol–water partition coefficient (Wildman–Crippen LogP) is 3.29. The van der Waals surface area contributed by atoms with E-state index < -0.39 is 0 Å². The number of hydrogen-bond donors (Lipinski definition) is 1. The van der Waals surface area contributed by atoms with Gasteiger partial charge in [-0.2, -0.15) is 0 Å². The van der Waals surface area contributed by atoms with Crippen molar-refractivity contribution < 1.29 is 0 Å². The van der Waals surface area contributed by atoms with E-state index in [4.69, 9.17) is 9.97 Å². The Morgan fingerprint density at radius 3 is 2.74 bits per heavy atom. The van der Waals surface area contributed by atoms with Crippen LogP contribution in [-0.4, -0.2) is 17.0 Å². The molecule has 0 fully saturated rings. The SMILES string of the molecule is CNc1nc(-c2cccc(C)c2C)nc2c1CCC2. The number of nitrogens with one attached hydrogen (secondary N) is 1. The highest BCUT2D eigenvalue weighted by atomic mass is 15.0. The number of hydrogen-bond acceptors (Lipinski definition) is 3. The Bertz CT molecular complexity index is 632. The maximum atomic E-state index is 4.78. The highest BCUT2D eigenvalue weighted by molar-refractivity contribution is 5.65. The fourth-order valence-corrected chi connectivity index (χ4v) is 2.75. The fourth-order valence-electron chi connectivity index (χ4n) is 2.75. The molecule has 1 aromatic heterocycles. The van der Waals surface area contributed by atoms with Gasteiger partial charge in [0.05, 0.1) is 0 Å². The van der Waals surface area contributed by atoms with Crippen LogP contribution in [0.5, 0.6) is 0 Å². The molecule has 0 radical (unpaired) electrons. The first-order chi connectivity index (χ1) is 9.20. The van der Waals surface area contributed by atoms with Crippen molar-refractivity contribution in [3.63, 3.8) is 0 Å². The summed E-state index contributed by atoms with van der Waals surface area (Å²) in [6.45, 7) is 4.27. The molecular formula is C16H19N3. The number of benzene rings is 1. The molecule has 0 spiro atoms. The summed E-state index contributed by atoms with van der Waals surface area (Å²) in [5, 5.41) is 3.22. The Morgan fingerprint density at radius 2 is 1.95 bits per heavy atom. The maximum Gasteiger partial charge on any atom is 0.162 e. The second kappa shape index (κ2) is 4.65. The van der Waals surface area contributed by atoms with Crippen molar-refractivity contribution in [2.75, 3.05) is 12.4 Å². The van der Waals surface area contributed by atoms with Crippen molar-refractivity contribution in [3.05, 3.63) is 40.6 Å². The van der Waals surface area contributed by atoms with Gasteiger partial charge in [0.1, 0.15) is 5.82 Å². The number of rotatable bonds is 2. The van der Waals surface area contributed by atoms with Crippen LogP contribution in [0.3, 0.4) is 0 Å². The quantitative estimate of drug-likeness (QED) is 0.892. The summed E-state index contributed by atoms with van der Waals surface area (Å²) in [4.78, 5) is 9.50. The van der Waals surface area contributed by atoms with Crippen molar-refractivity contribution in [2.45, 2.75) is 33.1 Å². The Kier molecular flexibility index (Phi) is 2.97. The van der Waals surface area contributed by atoms with Crippen molar-refractivity contribution in [2.24, 2.45) is 0 Å². The molecule has 1 aliphatic rings. The number of anilines is 1. The second-order valence-electron chi connectivity index (χ2n) is 5.17. The summed E-state index contributed by atoms with van der Waals surface area (Å²) < 4.78 is 0. The minimum absolute atomic E-state index is 0.853.